The van der Waals surface area contributed by atoms with Crippen molar-refractivity contribution in [3.63, 3.8) is 0 Å². The molecule has 19 heavy (non-hydrogen) atoms. The predicted octanol–water partition coefficient (Wildman–Crippen LogP) is 3.42. The summed E-state index contributed by atoms with van der Waals surface area (Å²) in [5.41, 5.74) is 2.20. The molecule has 2 aromatic carbocycles. The lowest BCUT2D eigenvalue weighted by Crippen LogP contribution is -1.95. The van der Waals surface area contributed by atoms with E-state index in [-0.39, 0.29) is 0 Å². The van der Waals surface area contributed by atoms with Gasteiger partial charge in [-0.3, -0.25) is 0 Å². The van der Waals surface area contributed by atoms with E-state index in [1.165, 1.54) is 0 Å². The van der Waals surface area contributed by atoms with Gasteiger partial charge in [-0.05, 0) is 35.4 Å². The number of methoxy groups -OCH3 is 2. The van der Waals surface area contributed by atoms with Gasteiger partial charge in [-0.15, -0.1) is 0 Å². The summed E-state index contributed by atoms with van der Waals surface area (Å²) in [4.78, 5) is 0. The monoisotopic (exact) mass is 258 g/mol. The Balaban J connectivity index is 1.88. The molecule has 0 aromatic heterocycles. The van der Waals surface area contributed by atoms with E-state index in [9.17, 15) is 0 Å². The molecule has 3 nitrogen and oxygen atoms in total. The molecule has 0 amide bonds. The molecule has 100 valence electrons. The highest BCUT2D eigenvalue weighted by Gasteiger charge is 1.99. The Bertz CT molecular complexity index is 475. The standard InChI is InChI=1S/C16H18O3/c1-17-15-7-3-5-13(9-15)11-19-12-14-6-4-8-16(10-14)18-2/h3-10H,11-12H2,1-2H3. The maximum absolute atomic E-state index is 5.69. The van der Waals surface area contributed by atoms with Crippen molar-refractivity contribution in [1.29, 1.82) is 0 Å². The van der Waals surface area contributed by atoms with Gasteiger partial charge < -0.3 is 14.2 Å². The number of rotatable bonds is 6. The van der Waals surface area contributed by atoms with Gasteiger partial charge in [0.1, 0.15) is 11.5 Å². The van der Waals surface area contributed by atoms with Gasteiger partial charge in [-0.25, -0.2) is 0 Å². The summed E-state index contributed by atoms with van der Waals surface area (Å²) in [6.45, 7) is 1.13. The molecule has 0 bridgehead atoms. The summed E-state index contributed by atoms with van der Waals surface area (Å²) in [7, 11) is 3.33. The van der Waals surface area contributed by atoms with Gasteiger partial charge in [0.15, 0.2) is 0 Å². The van der Waals surface area contributed by atoms with E-state index in [0.717, 1.165) is 22.6 Å². The minimum absolute atomic E-state index is 0.564. The first-order valence-electron chi connectivity index (χ1n) is 6.15. The van der Waals surface area contributed by atoms with Crippen LogP contribution in [0.5, 0.6) is 11.5 Å². The highest BCUT2D eigenvalue weighted by Crippen LogP contribution is 2.16. The number of benzene rings is 2. The molecule has 0 radical (unpaired) electrons. The zero-order valence-electron chi connectivity index (χ0n) is 11.3. The van der Waals surface area contributed by atoms with Crippen LogP contribution in [-0.4, -0.2) is 14.2 Å². The van der Waals surface area contributed by atoms with Crippen LogP contribution in [0.1, 0.15) is 11.1 Å². The van der Waals surface area contributed by atoms with Crippen LogP contribution in [0.2, 0.25) is 0 Å². The molecule has 0 aliphatic carbocycles. The summed E-state index contributed by atoms with van der Waals surface area (Å²) >= 11 is 0. The van der Waals surface area contributed by atoms with Gasteiger partial charge >= 0.3 is 0 Å². The molecule has 0 heterocycles. The van der Waals surface area contributed by atoms with Gasteiger partial charge in [-0.1, -0.05) is 24.3 Å². The molecular formula is C16H18O3. The highest BCUT2D eigenvalue weighted by molar-refractivity contribution is 5.29. The fourth-order valence-electron chi connectivity index (χ4n) is 1.81. The van der Waals surface area contributed by atoms with E-state index in [0.29, 0.717) is 13.2 Å². The van der Waals surface area contributed by atoms with Gasteiger partial charge in [0.2, 0.25) is 0 Å². The van der Waals surface area contributed by atoms with Gasteiger partial charge in [0.25, 0.3) is 0 Å². The Labute approximate surface area is 113 Å². The second-order valence-corrected chi connectivity index (χ2v) is 4.20. The third kappa shape index (κ3) is 4.00. The molecule has 0 aliphatic rings. The lowest BCUT2D eigenvalue weighted by atomic mass is 10.2. The lowest BCUT2D eigenvalue weighted by Gasteiger charge is -2.07. The van der Waals surface area contributed by atoms with E-state index >= 15 is 0 Å². The van der Waals surface area contributed by atoms with E-state index in [2.05, 4.69) is 0 Å². The molecule has 3 heteroatoms. The Hall–Kier alpha value is -2.00. The second-order valence-electron chi connectivity index (χ2n) is 4.20. The molecule has 0 N–H and O–H groups in total. The molecule has 2 rings (SSSR count). The third-order valence-corrected chi connectivity index (χ3v) is 2.81. The summed E-state index contributed by atoms with van der Waals surface area (Å²) < 4.78 is 16.0. The van der Waals surface area contributed by atoms with Gasteiger partial charge in [-0.2, -0.15) is 0 Å². The third-order valence-electron chi connectivity index (χ3n) is 2.81. The van der Waals surface area contributed by atoms with E-state index in [4.69, 9.17) is 14.2 Å². The second kappa shape index (κ2) is 6.81. The number of hydrogen-bond donors (Lipinski definition) is 0. The minimum atomic E-state index is 0.564. The zero-order chi connectivity index (χ0) is 13.5. The molecular weight excluding hydrogens is 240 g/mol. The van der Waals surface area contributed by atoms with Gasteiger partial charge in [0.05, 0.1) is 27.4 Å². The molecule has 0 saturated carbocycles. The molecule has 0 atom stereocenters. The van der Waals surface area contributed by atoms with Gasteiger partial charge in [0, 0.05) is 0 Å². The minimum Gasteiger partial charge on any atom is -0.497 e. The van der Waals surface area contributed by atoms with Crippen LogP contribution in [0.3, 0.4) is 0 Å². The van der Waals surface area contributed by atoms with Crippen LogP contribution in [0.15, 0.2) is 48.5 Å². The van der Waals surface area contributed by atoms with Crippen LogP contribution in [-0.2, 0) is 18.0 Å². The smallest absolute Gasteiger partial charge is 0.119 e. The Morgan fingerprint density at radius 2 is 1.21 bits per heavy atom. The number of hydrogen-bond acceptors (Lipinski definition) is 3. The Morgan fingerprint density at radius 3 is 1.63 bits per heavy atom. The van der Waals surface area contributed by atoms with Crippen LogP contribution in [0.25, 0.3) is 0 Å². The Morgan fingerprint density at radius 1 is 0.737 bits per heavy atom. The molecule has 0 aliphatic heterocycles. The van der Waals surface area contributed by atoms with Crippen molar-refractivity contribution in [1.82, 2.24) is 0 Å². The highest BCUT2D eigenvalue weighted by atomic mass is 16.5. The normalized spacial score (nSPS) is 10.2. The van der Waals surface area contributed by atoms with Crippen molar-refractivity contribution < 1.29 is 14.2 Å². The van der Waals surface area contributed by atoms with Crippen molar-refractivity contribution in [3.8, 4) is 11.5 Å². The largest absolute Gasteiger partial charge is 0.497 e. The van der Waals surface area contributed by atoms with Crippen molar-refractivity contribution in [2.75, 3.05) is 14.2 Å². The molecule has 0 unspecified atom stereocenters. The fourth-order valence-corrected chi connectivity index (χ4v) is 1.81. The van der Waals surface area contributed by atoms with E-state index in [1.807, 2.05) is 48.5 Å². The summed E-state index contributed by atoms with van der Waals surface area (Å²) in [5.74, 6) is 1.70. The predicted molar refractivity (Wildman–Crippen MR) is 74.5 cm³/mol. The maximum Gasteiger partial charge on any atom is 0.119 e. The van der Waals surface area contributed by atoms with E-state index < -0.39 is 0 Å². The molecule has 0 fully saturated rings. The average molecular weight is 258 g/mol. The van der Waals surface area contributed by atoms with Crippen molar-refractivity contribution >= 4 is 0 Å². The van der Waals surface area contributed by atoms with Crippen molar-refractivity contribution in [2.45, 2.75) is 13.2 Å². The van der Waals surface area contributed by atoms with Crippen LogP contribution in [0, 0.1) is 0 Å². The van der Waals surface area contributed by atoms with Crippen molar-refractivity contribution in [2.24, 2.45) is 0 Å². The zero-order valence-corrected chi connectivity index (χ0v) is 11.3. The van der Waals surface area contributed by atoms with Crippen LogP contribution >= 0.6 is 0 Å². The topological polar surface area (TPSA) is 27.7 Å². The number of ether oxygens (including phenoxy) is 3. The molecule has 0 saturated heterocycles. The maximum atomic E-state index is 5.69. The quantitative estimate of drug-likeness (QED) is 0.794. The summed E-state index contributed by atoms with van der Waals surface area (Å²) in [6.07, 6.45) is 0. The molecule has 2 aromatic rings. The SMILES string of the molecule is COc1cccc(COCc2cccc(OC)c2)c1. The Kier molecular flexibility index (Phi) is 4.81. The first kappa shape index (κ1) is 13.4. The first-order valence-corrected chi connectivity index (χ1v) is 6.15. The molecule has 0 spiro atoms. The van der Waals surface area contributed by atoms with Crippen LogP contribution < -0.4 is 9.47 Å². The van der Waals surface area contributed by atoms with E-state index in [1.54, 1.807) is 14.2 Å². The van der Waals surface area contributed by atoms with Crippen molar-refractivity contribution in [3.05, 3.63) is 59.7 Å². The summed E-state index contributed by atoms with van der Waals surface area (Å²) in [5, 5.41) is 0. The van der Waals surface area contributed by atoms with Crippen LogP contribution in [0.4, 0.5) is 0 Å². The average Bonchev–Trinajstić information content (AvgIpc) is 2.48. The summed E-state index contributed by atoms with van der Waals surface area (Å²) in [6, 6.07) is 15.8. The fraction of sp³-hybridized carbons (Fsp3) is 0.250. The first-order chi connectivity index (χ1) is 9.31. The lowest BCUT2D eigenvalue weighted by molar-refractivity contribution is 0.107.